The molecule has 15 heavy (non-hydrogen) atoms. The molecular formula is C10H8BrNO3. The van der Waals surface area contributed by atoms with Crippen molar-refractivity contribution in [1.82, 2.24) is 0 Å². The lowest BCUT2D eigenvalue weighted by Gasteiger charge is -2.04. The van der Waals surface area contributed by atoms with Crippen LogP contribution >= 0.6 is 15.9 Å². The molecule has 0 radical (unpaired) electrons. The molecule has 0 aromatic heterocycles. The number of aliphatic carboxylic acids is 1. The Labute approximate surface area is 94.4 Å². The number of hydrogen-bond donors (Lipinski definition) is 2. The maximum absolute atomic E-state index is 11.5. The molecule has 1 aromatic rings. The molecule has 0 saturated heterocycles. The number of benzene rings is 1. The van der Waals surface area contributed by atoms with Crippen LogP contribution in [0.4, 0.5) is 5.69 Å². The van der Waals surface area contributed by atoms with E-state index in [1.54, 1.807) is 12.1 Å². The van der Waals surface area contributed by atoms with Gasteiger partial charge >= 0.3 is 5.97 Å². The smallest absolute Gasteiger partial charge is 0.304 e. The van der Waals surface area contributed by atoms with Gasteiger partial charge in [0.05, 0.1) is 18.0 Å². The van der Waals surface area contributed by atoms with Crippen molar-refractivity contribution in [3.05, 3.63) is 28.2 Å². The number of amides is 1. The molecule has 78 valence electrons. The summed E-state index contributed by atoms with van der Waals surface area (Å²) in [5.74, 6) is -1.79. The fourth-order valence-corrected chi connectivity index (χ4v) is 2.17. The summed E-state index contributed by atoms with van der Waals surface area (Å²) < 4.78 is 0.779. The molecule has 0 spiro atoms. The van der Waals surface area contributed by atoms with E-state index in [-0.39, 0.29) is 12.3 Å². The molecule has 4 nitrogen and oxygen atoms in total. The van der Waals surface area contributed by atoms with Crippen LogP contribution in [-0.4, -0.2) is 17.0 Å². The number of carbonyl (C=O) groups excluding carboxylic acids is 1. The topological polar surface area (TPSA) is 66.4 Å². The van der Waals surface area contributed by atoms with Crippen molar-refractivity contribution in [2.24, 2.45) is 0 Å². The van der Waals surface area contributed by atoms with Crippen molar-refractivity contribution in [2.75, 3.05) is 5.32 Å². The highest BCUT2D eigenvalue weighted by molar-refractivity contribution is 9.10. The van der Waals surface area contributed by atoms with E-state index < -0.39 is 11.9 Å². The SMILES string of the molecule is O=C(O)CC1C(=O)Nc2c(Br)cccc21. The molecule has 1 aliphatic rings. The molecule has 0 fully saturated rings. The van der Waals surface area contributed by atoms with Gasteiger partial charge in [-0.25, -0.2) is 0 Å². The molecule has 1 aromatic carbocycles. The van der Waals surface area contributed by atoms with Gasteiger partial charge in [0.1, 0.15) is 0 Å². The number of nitrogens with one attached hydrogen (secondary N) is 1. The van der Waals surface area contributed by atoms with Crippen molar-refractivity contribution in [2.45, 2.75) is 12.3 Å². The van der Waals surface area contributed by atoms with Crippen LogP contribution < -0.4 is 5.32 Å². The molecule has 2 rings (SSSR count). The fraction of sp³-hybridized carbons (Fsp3) is 0.200. The second kappa shape index (κ2) is 3.66. The van der Waals surface area contributed by atoms with Crippen molar-refractivity contribution in [3.8, 4) is 0 Å². The van der Waals surface area contributed by atoms with Crippen LogP contribution in [0.2, 0.25) is 0 Å². The number of carboxylic acids is 1. The molecule has 2 N–H and O–H groups in total. The molecular weight excluding hydrogens is 262 g/mol. The highest BCUT2D eigenvalue weighted by atomic mass is 79.9. The minimum absolute atomic E-state index is 0.171. The summed E-state index contributed by atoms with van der Waals surface area (Å²) in [6, 6.07) is 5.37. The van der Waals surface area contributed by atoms with Gasteiger partial charge in [0.25, 0.3) is 0 Å². The number of carbonyl (C=O) groups is 2. The van der Waals surface area contributed by atoms with Gasteiger partial charge in [-0.1, -0.05) is 12.1 Å². The first kappa shape index (κ1) is 10.2. The summed E-state index contributed by atoms with van der Waals surface area (Å²) in [6.45, 7) is 0. The second-order valence-corrected chi connectivity index (χ2v) is 4.20. The quantitative estimate of drug-likeness (QED) is 0.863. The fourth-order valence-electron chi connectivity index (χ4n) is 1.69. The van der Waals surface area contributed by atoms with Crippen LogP contribution in [0.15, 0.2) is 22.7 Å². The van der Waals surface area contributed by atoms with Crippen molar-refractivity contribution in [1.29, 1.82) is 0 Å². The third-order valence-corrected chi connectivity index (χ3v) is 3.03. The Bertz CT molecular complexity index is 444. The van der Waals surface area contributed by atoms with Gasteiger partial charge in [-0.2, -0.15) is 0 Å². The van der Waals surface area contributed by atoms with Crippen LogP contribution in [-0.2, 0) is 9.59 Å². The van der Waals surface area contributed by atoms with Crippen LogP contribution in [0.25, 0.3) is 0 Å². The maximum atomic E-state index is 11.5. The van der Waals surface area contributed by atoms with Crippen LogP contribution in [0.1, 0.15) is 17.9 Å². The Kier molecular flexibility index (Phi) is 2.48. The van der Waals surface area contributed by atoms with Crippen molar-refractivity contribution in [3.63, 3.8) is 0 Å². The van der Waals surface area contributed by atoms with Crippen molar-refractivity contribution < 1.29 is 14.7 Å². The number of halogens is 1. The van der Waals surface area contributed by atoms with Gasteiger partial charge < -0.3 is 10.4 Å². The predicted octanol–water partition coefficient (Wildman–Crippen LogP) is 1.96. The summed E-state index contributed by atoms with van der Waals surface area (Å²) in [6.07, 6.45) is -0.171. The molecule has 1 amide bonds. The number of hydrogen-bond acceptors (Lipinski definition) is 2. The van der Waals surface area contributed by atoms with Crippen molar-refractivity contribution >= 4 is 33.5 Å². The van der Waals surface area contributed by atoms with Crippen LogP contribution in [0.3, 0.4) is 0 Å². The summed E-state index contributed by atoms with van der Waals surface area (Å²) >= 11 is 3.31. The van der Waals surface area contributed by atoms with E-state index in [0.29, 0.717) is 5.69 Å². The summed E-state index contributed by atoms with van der Waals surface area (Å²) in [5.41, 5.74) is 1.44. The largest absolute Gasteiger partial charge is 0.481 e. The second-order valence-electron chi connectivity index (χ2n) is 3.34. The van der Waals surface area contributed by atoms with Gasteiger partial charge in [0.2, 0.25) is 5.91 Å². The first-order valence-electron chi connectivity index (χ1n) is 4.40. The molecule has 1 aliphatic heterocycles. The average molecular weight is 270 g/mol. The summed E-state index contributed by atoms with van der Waals surface area (Å²) in [4.78, 5) is 22.1. The highest BCUT2D eigenvalue weighted by Crippen LogP contribution is 2.39. The zero-order valence-corrected chi connectivity index (χ0v) is 9.24. The molecule has 1 heterocycles. The van der Waals surface area contributed by atoms with E-state index in [1.165, 1.54) is 0 Å². The van der Waals surface area contributed by atoms with Crippen LogP contribution in [0.5, 0.6) is 0 Å². The Morgan fingerprint density at radius 1 is 1.53 bits per heavy atom. The molecule has 5 heteroatoms. The Morgan fingerprint density at radius 3 is 2.93 bits per heavy atom. The number of carboxylic acid groups (broad SMARTS) is 1. The van der Waals surface area contributed by atoms with E-state index in [1.807, 2.05) is 6.07 Å². The number of fused-ring (bicyclic) bond motifs is 1. The van der Waals surface area contributed by atoms with E-state index in [0.717, 1.165) is 10.0 Å². The molecule has 0 saturated carbocycles. The minimum atomic E-state index is -0.969. The number of rotatable bonds is 2. The molecule has 1 atom stereocenters. The third kappa shape index (κ3) is 1.74. The normalized spacial score (nSPS) is 18.5. The predicted molar refractivity (Wildman–Crippen MR) is 57.8 cm³/mol. The van der Waals surface area contributed by atoms with Crippen LogP contribution in [0, 0.1) is 0 Å². The monoisotopic (exact) mass is 269 g/mol. The zero-order chi connectivity index (χ0) is 11.0. The van der Waals surface area contributed by atoms with E-state index in [4.69, 9.17) is 5.11 Å². The average Bonchev–Trinajstić information content (AvgIpc) is 2.45. The van der Waals surface area contributed by atoms with Gasteiger partial charge in [-0.15, -0.1) is 0 Å². The lowest BCUT2D eigenvalue weighted by molar-refractivity contribution is -0.138. The molecule has 0 bridgehead atoms. The Hall–Kier alpha value is -1.36. The summed E-state index contributed by atoms with van der Waals surface area (Å²) in [7, 11) is 0. The maximum Gasteiger partial charge on any atom is 0.304 e. The van der Waals surface area contributed by atoms with E-state index in [9.17, 15) is 9.59 Å². The first-order valence-corrected chi connectivity index (χ1v) is 5.20. The molecule has 0 aliphatic carbocycles. The van der Waals surface area contributed by atoms with Gasteiger partial charge in [-0.05, 0) is 27.6 Å². The highest BCUT2D eigenvalue weighted by Gasteiger charge is 2.33. The first-order chi connectivity index (χ1) is 7.09. The van der Waals surface area contributed by atoms with Gasteiger partial charge in [-0.3, -0.25) is 9.59 Å². The number of anilines is 1. The van der Waals surface area contributed by atoms with E-state index in [2.05, 4.69) is 21.2 Å². The lowest BCUT2D eigenvalue weighted by Crippen LogP contribution is -2.15. The summed E-state index contributed by atoms with van der Waals surface area (Å²) in [5, 5.41) is 11.4. The Morgan fingerprint density at radius 2 is 2.27 bits per heavy atom. The number of para-hydroxylation sites is 1. The molecule has 1 unspecified atom stereocenters. The standard InChI is InChI=1S/C10H8BrNO3/c11-7-3-1-2-5-6(4-8(13)14)10(15)12-9(5)7/h1-3,6H,4H2,(H,12,15)(H,13,14). The van der Waals surface area contributed by atoms with E-state index >= 15 is 0 Å². The Balaban J connectivity index is 2.41. The minimum Gasteiger partial charge on any atom is -0.481 e. The third-order valence-electron chi connectivity index (χ3n) is 2.36. The van der Waals surface area contributed by atoms with Gasteiger partial charge in [0.15, 0.2) is 0 Å². The zero-order valence-electron chi connectivity index (χ0n) is 7.66. The van der Waals surface area contributed by atoms with Gasteiger partial charge in [0, 0.05) is 4.47 Å². The lowest BCUT2D eigenvalue weighted by atomic mass is 9.97.